The van der Waals surface area contributed by atoms with Crippen molar-refractivity contribution in [3.63, 3.8) is 0 Å². The second-order valence-electron chi connectivity index (χ2n) is 5.05. The number of nitrogens with zero attached hydrogens (tertiary/aromatic N) is 4. The maximum atomic E-state index is 13.0. The highest BCUT2D eigenvalue weighted by Gasteiger charge is 2.17. The van der Waals surface area contributed by atoms with Crippen molar-refractivity contribution >= 4 is 44.2 Å². The Morgan fingerprint density at radius 3 is 2.83 bits per heavy atom. The number of rotatable bonds is 2. The lowest BCUT2D eigenvalue weighted by atomic mass is 10.2. The molecule has 0 unspecified atom stereocenters. The van der Waals surface area contributed by atoms with E-state index in [-0.39, 0.29) is 5.56 Å². The van der Waals surface area contributed by atoms with Crippen LogP contribution >= 0.6 is 27.5 Å². The van der Waals surface area contributed by atoms with E-state index in [1.807, 2.05) is 0 Å². The molecule has 0 fully saturated rings. The van der Waals surface area contributed by atoms with Crippen molar-refractivity contribution in [1.82, 2.24) is 18.9 Å². The lowest BCUT2D eigenvalue weighted by Gasteiger charge is -2.14. The molecule has 0 atom stereocenters. The van der Waals surface area contributed by atoms with E-state index in [2.05, 4.69) is 25.9 Å². The van der Waals surface area contributed by atoms with Crippen molar-refractivity contribution < 1.29 is 4.74 Å². The Kier molecular flexibility index (Phi) is 3.54. The van der Waals surface area contributed by atoms with Crippen LogP contribution < -0.4 is 10.3 Å². The molecule has 4 rings (SSSR count). The van der Waals surface area contributed by atoms with Crippen LogP contribution in [0.15, 0.2) is 52.1 Å². The molecule has 0 aliphatic carbocycles. The van der Waals surface area contributed by atoms with E-state index >= 15 is 0 Å². The predicted octanol–water partition coefficient (Wildman–Crippen LogP) is 3.46. The van der Waals surface area contributed by atoms with Gasteiger partial charge in [0.2, 0.25) is 11.5 Å². The molecule has 0 bridgehead atoms. The van der Waals surface area contributed by atoms with Crippen LogP contribution in [-0.2, 0) is 0 Å². The van der Waals surface area contributed by atoms with E-state index in [1.165, 1.54) is 11.7 Å². The summed E-state index contributed by atoms with van der Waals surface area (Å²) in [6, 6.07) is 7.10. The normalized spacial score (nSPS) is 11.3. The maximum Gasteiger partial charge on any atom is 0.299 e. The van der Waals surface area contributed by atoms with Gasteiger partial charge in [-0.05, 0) is 40.2 Å². The molecule has 0 amide bonds. The summed E-state index contributed by atoms with van der Waals surface area (Å²) in [5, 5.41) is 0.542. The zero-order chi connectivity index (χ0) is 16.8. The van der Waals surface area contributed by atoms with Gasteiger partial charge in [-0.3, -0.25) is 13.8 Å². The number of imidazole rings is 1. The van der Waals surface area contributed by atoms with Gasteiger partial charge in [-0.2, -0.15) is 0 Å². The van der Waals surface area contributed by atoms with Crippen molar-refractivity contribution in [2.45, 2.75) is 0 Å². The molecule has 0 aliphatic heterocycles. The average molecular weight is 406 g/mol. The van der Waals surface area contributed by atoms with Crippen LogP contribution in [0, 0.1) is 0 Å². The van der Waals surface area contributed by atoms with Gasteiger partial charge in [0.05, 0.1) is 23.2 Å². The fourth-order valence-corrected chi connectivity index (χ4v) is 3.20. The number of aromatic nitrogens is 4. The third-order valence-corrected chi connectivity index (χ3v) is 4.94. The van der Waals surface area contributed by atoms with Gasteiger partial charge in [-0.1, -0.05) is 11.6 Å². The third-order valence-electron chi connectivity index (χ3n) is 3.74. The Morgan fingerprint density at radius 2 is 2.04 bits per heavy atom. The van der Waals surface area contributed by atoms with E-state index in [1.54, 1.807) is 47.3 Å². The van der Waals surface area contributed by atoms with Crippen LogP contribution in [0.25, 0.3) is 22.4 Å². The Hall–Kier alpha value is -2.38. The second-order valence-corrected chi connectivity index (χ2v) is 6.31. The minimum absolute atomic E-state index is 0.270. The molecule has 120 valence electrons. The lowest BCUT2D eigenvalue weighted by Crippen LogP contribution is -2.22. The monoisotopic (exact) mass is 404 g/mol. The van der Waals surface area contributed by atoms with Gasteiger partial charge >= 0.3 is 0 Å². The van der Waals surface area contributed by atoms with Crippen LogP contribution in [0.5, 0.6) is 5.88 Å². The molecule has 0 saturated carbocycles. The van der Waals surface area contributed by atoms with Crippen molar-refractivity contribution in [2.75, 3.05) is 7.11 Å². The highest BCUT2D eigenvalue weighted by molar-refractivity contribution is 9.10. The third kappa shape index (κ3) is 2.12. The summed E-state index contributed by atoms with van der Waals surface area (Å²) in [7, 11) is 1.51. The molecule has 4 aromatic rings. The number of ether oxygens (including phenoxy) is 1. The molecule has 0 saturated heterocycles. The molecule has 3 aromatic heterocycles. The van der Waals surface area contributed by atoms with Crippen LogP contribution in [0.2, 0.25) is 5.02 Å². The summed E-state index contributed by atoms with van der Waals surface area (Å²) < 4.78 is 9.25. The van der Waals surface area contributed by atoms with Crippen molar-refractivity contribution in [2.24, 2.45) is 0 Å². The summed E-state index contributed by atoms with van der Waals surface area (Å²) in [6.07, 6.45) is 4.92. The standard InChI is InChI=1S/C16H10BrClN4O2/c1-24-15-11(3-2-4-20-15)22-13-7-9(17)10(18)8-12(13)21-6-5-19-14(21)16(22)23/h2-8H,1H3. The van der Waals surface area contributed by atoms with Gasteiger partial charge in [0, 0.05) is 23.1 Å². The predicted molar refractivity (Wildman–Crippen MR) is 95.4 cm³/mol. The van der Waals surface area contributed by atoms with Gasteiger partial charge in [-0.25, -0.2) is 9.97 Å². The van der Waals surface area contributed by atoms with Crippen LogP contribution in [0.3, 0.4) is 0 Å². The highest BCUT2D eigenvalue weighted by atomic mass is 79.9. The van der Waals surface area contributed by atoms with E-state index < -0.39 is 0 Å². The molecular formula is C16H10BrClN4O2. The number of hydrogen-bond acceptors (Lipinski definition) is 4. The molecule has 6 nitrogen and oxygen atoms in total. The van der Waals surface area contributed by atoms with E-state index in [0.29, 0.717) is 32.2 Å². The molecule has 0 aliphatic rings. The van der Waals surface area contributed by atoms with Crippen molar-refractivity contribution in [1.29, 1.82) is 0 Å². The molecule has 0 spiro atoms. The van der Waals surface area contributed by atoms with Gasteiger partial charge in [-0.15, -0.1) is 0 Å². The summed E-state index contributed by atoms with van der Waals surface area (Å²) >= 11 is 9.67. The summed E-state index contributed by atoms with van der Waals surface area (Å²) in [5.74, 6) is 0.350. The second kappa shape index (κ2) is 5.61. The quantitative estimate of drug-likeness (QED) is 0.512. The zero-order valence-electron chi connectivity index (χ0n) is 12.4. The first-order valence-electron chi connectivity index (χ1n) is 6.98. The minimum Gasteiger partial charge on any atom is -0.480 e. The van der Waals surface area contributed by atoms with Gasteiger partial charge in [0.1, 0.15) is 5.69 Å². The van der Waals surface area contributed by atoms with Crippen LogP contribution in [-0.4, -0.2) is 26.0 Å². The molecule has 3 heterocycles. The van der Waals surface area contributed by atoms with E-state index in [0.717, 1.165) is 5.52 Å². The van der Waals surface area contributed by atoms with Crippen molar-refractivity contribution in [3.8, 4) is 11.6 Å². The topological polar surface area (TPSA) is 61.4 Å². The number of methoxy groups -OCH3 is 1. The molecular weight excluding hydrogens is 396 g/mol. The Bertz CT molecular complexity index is 1150. The summed E-state index contributed by atoms with van der Waals surface area (Å²) in [5.41, 5.74) is 1.98. The summed E-state index contributed by atoms with van der Waals surface area (Å²) in [6.45, 7) is 0. The number of benzene rings is 1. The van der Waals surface area contributed by atoms with Gasteiger partial charge in [0.15, 0.2) is 0 Å². The SMILES string of the molecule is COc1ncccc1-n1c(=O)c2nccn2c2cc(Cl)c(Br)cc21. The first-order valence-corrected chi connectivity index (χ1v) is 8.15. The number of hydrogen-bond donors (Lipinski definition) is 0. The number of halogens is 2. The number of pyridine rings is 1. The summed E-state index contributed by atoms with van der Waals surface area (Å²) in [4.78, 5) is 21.4. The highest BCUT2D eigenvalue weighted by Crippen LogP contribution is 2.30. The fraction of sp³-hybridized carbons (Fsp3) is 0.0625. The number of fused-ring (bicyclic) bond motifs is 3. The Morgan fingerprint density at radius 1 is 1.21 bits per heavy atom. The molecule has 24 heavy (non-hydrogen) atoms. The minimum atomic E-state index is -0.270. The van der Waals surface area contributed by atoms with Gasteiger partial charge in [0.25, 0.3) is 5.56 Å². The molecule has 0 N–H and O–H groups in total. The van der Waals surface area contributed by atoms with Crippen LogP contribution in [0.4, 0.5) is 0 Å². The van der Waals surface area contributed by atoms with Gasteiger partial charge < -0.3 is 4.74 Å². The first-order chi connectivity index (χ1) is 11.6. The Balaban J connectivity index is 2.27. The largest absolute Gasteiger partial charge is 0.480 e. The smallest absolute Gasteiger partial charge is 0.299 e. The average Bonchev–Trinajstić information content (AvgIpc) is 3.08. The van der Waals surface area contributed by atoms with E-state index in [9.17, 15) is 4.79 Å². The zero-order valence-corrected chi connectivity index (χ0v) is 14.7. The van der Waals surface area contributed by atoms with Crippen molar-refractivity contribution in [3.05, 3.63) is 62.7 Å². The lowest BCUT2D eigenvalue weighted by molar-refractivity contribution is 0.396. The van der Waals surface area contributed by atoms with Crippen LogP contribution in [0.1, 0.15) is 0 Å². The molecule has 1 aromatic carbocycles. The Labute approximate surface area is 149 Å². The van der Waals surface area contributed by atoms with E-state index in [4.69, 9.17) is 16.3 Å². The first kappa shape index (κ1) is 15.2. The maximum absolute atomic E-state index is 13.0. The molecule has 8 heteroatoms. The molecule has 0 radical (unpaired) electrons. The fourth-order valence-electron chi connectivity index (χ4n) is 2.71.